The van der Waals surface area contributed by atoms with E-state index in [9.17, 15) is 5.26 Å². The SMILES string of the molecule is N#Cc1ccc(-c2cccc3oc4cccc(-c5nc(-c6ccc(-c7ccccc7)cc6)nc(-n6c7ccccc7c7ccccc76)n5)c4c23)cc1. The number of rotatable bonds is 5. The number of nitriles is 1. The van der Waals surface area contributed by atoms with Crippen LogP contribution in [0.2, 0.25) is 0 Å². The maximum absolute atomic E-state index is 9.43. The Hall–Kier alpha value is -7.36. The molecule has 52 heavy (non-hydrogen) atoms. The van der Waals surface area contributed by atoms with Crippen LogP contribution >= 0.6 is 0 Å². The van der Waals surface area contributed by atoms with E-state index in [1.807, 2.05) is 78.9 Å². The second-order valence-corrected chi connectivity index (χ2v) is 12.7. The van der Waals surface area contributed by atoms with Crippen LogP contribution in [0.3, 0.4) is 0 Å². The van der Waals surface area contributed by atoms with Crippen LogP contribution in [0.4, 0.5) is 0 Å². The lowest BCUT2D eigenvalue weighted by Crippen LogP contribution is -2.06. The lowest BCUT2D eigenvalue weighted by Gasteiger charge is -2.12. The van der Waals surface area contributed by atoms with Gasteiger partial charge >= 0.3 is 0 Å². The minimum atomic E-state index is 0.529. The van der Waals surface area contributed by atoms with E-state index in [-0.39, 0.29) is 0 Å². The minimum Gasteiger partial charge on any atom is -0.456 e. The molecule has 0 radical (unpaired) electrons. The molecule has 10 aromatic rings. The molecule has 0 N–H and O–H groups in total. The van der Waals surface area contributed by atoms with Gasteiger partial charge in [-0.05, 0) is 58.7 Å². The fraction of sp³-hybridized carbons (Fsp3) is 0. The summed E-state index contributed by atoms with van der Waals surface area (Å²) in [5, 5.41) is 13.6. The Balaban J connectivity index is 1.24. The number of benzene rings is 7. The minimum absolute atomic E-state index is 0.529. The molecule has 0 aliphatic heterocycles. The molecule has 0 saturated heterocycles. The molecule has 6 nitrogen and oxygen atoms in total. The van der Waals surface area contributed by atoms with Crippen molar-refractivity contribution in [2.75, 3.05) is 0 Å². The molecule has 3 aromatic heterocycles. The van der Waals surface area contributed by atoms with E-state index in [0.717, 1.165) is 77.1 Å². The smallest absolute Gasteiger partial charge is 0.238 e. The average molecular weight is 666 g/mol. The van der Waals surface area contributed by atoms with Gasteiger partial charge in [-0.25, -0.2) is 4.98 Å². The van der Waals surface area contributed by atoms with Crippen molar-refractivity contribution in [2.24, 2.45) is 0 Å². The number of aromatic nitrogens is 4. The number of hydrogen-bond acceptors (Lipinski definition) is 5. The summed E-state index contributed by atoms with van der Waals surface area (Å²) in [4.78, 5) is 15.6. The maximum atomic E-state index is 9.43. The van der Waals surface area contributed by atoms with Crippen molar-refractivity contribution in [3.05, 3.63) is 169 Å². The lowest BCUT2D eigenvalue weighted by molar-refractivity contribution is 0.669. The molecule has 242 valence electrons. The topological polar surface area (TPSA) is 80.5 Å². The van der Waals surface area contributed by atoms with Crippen LogP contribution < -0.4 is 0 Å². The summed E-state index contributed by atoms with van der Waals surface area (Å²) in [5.41, 5.74) is 10.1. The van der Waals surface area contributed by atoms with Gasteiger partial charge in [0.25, 0.3) is 0 Å². The second-order valence-electron chi connectivity index (χ2n) is 12.7. The molecular weight excluding hydrogens is 639 g/mol. The second kappa shape index (κ2) is 11.9. The van der Waals surface area contributed by atoms with Crippen LogP contribution in [0.25, 0.3) is 94.7 Å². The Kier molecular flexibility index (Phi) is 6.76. The summed E-state index contributed by atoms with van der Waals surface area (Å²) in [7, 11) is 0. The first-order valence-corrected chi connectivity index (χ1v) is 17.1. The molecule has 3 heterocycles. The van der Waals surface area contributed by atoms with Crippen LogP contribution in [0.15, 0.2) is 168 Å². The van der Waals surface area contributed by atoms with Crippen LogP contribution in [0.5, 0.6) is 0 Å². The summed E-state index contributed by atoms with van der Waals surface area (Å²) in [6, 6.07) is 57.4. The molecule has 10 rings (SSSR count). The first kappa shape index (κ1) is 29.5. The van der Waals surface area contributed by atoms with Gasteiger partial charge in [0.15, 0.2) is 11.6 Å². The van der Waals surface area contributed by atoms with E-state index in [0.29, 0.717) is 23.2 Å². The molecule has 0 amide bonds. The Morgan fingerprint density at radius 2 is 0.981 bits per heavy atom. The van der Waals surface area contributed by atoms with Gasteiger partial charge in [0, 0.05) is 32.7 Å². The van der Waals surface area contributed by atoms with Crippen molar-refractivity contribution in [3.8, 4) is 57.0 Å². The first-order valence-electron chi connectivity index (χ1n) is 17.1. The normalized spacial score (nSPS) is 11.4. The molecule has 0 spiro atoms. The Labute approximate surface area is 298 Å². The van der Waals surface area contributed by atoms with Crippen molar-refractivity contribution in [3.63, 3.8) is 0 Å². The zero-order chi connectivity index (χ0) is 34.6. The third-order valence-electron chi connectivity index (χ3n) is 9.74. The van der Waals surface area contributed by atoms with E-state index in [2.05, 4.69) is 95.6 Å². The van der Waals surface area contributed by atoms with Crippen molar-refractivity contribution in [1.29, 1.82) is 5.26 Å². The predicted octanol–water partition coefficient (Wildman–Crippen LogP) is 11.4. The number of fused-ring (bicyclic) bond motifs is 6. The Morgan fingerprint density at radius 3 is 1.65 bits per heavy atom. The van der Waals surface area contributed by atoms with E-state index >= 15 is 0 Å². The zero-order valence-corrected chi connectivity index (χ0v) is 27.7. The predicted molar refractivity (Wildman–Crippen MR) is 208 cm³/mol. The lowest BCUT2D eigenvalue weighted by atomic mass is 9.96. The molecule has 0 aliphatic carbocycles. The maximum Gasteiger partial charge on any atom is 0.238 e. The number of hydrogen-bond donors (Lipinski definition) is 0. The van der Waals surface area contributed by atoms with Gasteiger partial charge in [-0.1, -0.05) is 127 Å². The summed E-state index contributed by atoms with van der Waals surface area (Å²) in [6.07, 6.45) is 0. The zero-order valence-electron chi connectivity index (χ0n) is 27.7. The van der Waals surface area contributed by atoms with E-state index in [4.69, 9.17) is 19.4 Å². The van der Waals surface area contributed by atoms with Crippen LogP contribution in [-0.2, 0) is 0 Å². The molecular formula is C46H27N5O. The summed E-state index contributed by atoms with van der Waals surface area (Å²) in [6.45, 7) is 0. The highest BCUT2D eigenvalue weighted by molar-refractivity contribution is 6.17. The fourth-order valence-corrected chi connectivity index (χ4v) is 7.31. The van der Waals surface area contributed by atoms with E-state index in [1.54, 1.807) is 0 Å². The third kappa shape index (κ3) is 4.76. The molecule has 0 unspecified atom stereocenters. The van der Waals surface area contributed by atoms with Gasteiger partial charge in [-0.3, -0.25) is 4.57 Å². The fourth-order valence-electron chi connectivity index (χ4n) is 7.31. The molecule has 0 aliphatic rings. The van der Waals surface area contributed by atoms with Crippen molar-refractivity contribution in [1.82, 2.24) is 19.5 Å². The Morgan fingerprint density at radius 1 is 0.442 bits per heavy atom. The first-order chi connectivity index (χ1) is 25.7. The van der Waals surface area contributed by atoms with Crippen LogP contribution in [-0.4, -0.2) is 19.5 Å². The molecule has 0 bridgehead atoms. The van der Waals surface area contributed by atoms with Crippen molar-refractivity contribution >= 4 is 43.7 Å². The van der Waals surface area contributed by atoms with Gasteiger partial charge in [0.1, 0.15) is 11.2 Å². The molecule has 6 heteroatoms. The molecule has 0 fully saturated rings. The Bertz CT molecular complexity index is 2950. The van der Waals surface area contributed by atoms with Gasteiger partial charge in [-0.15, -0.1) is 0 Å². The number of nitrogens with zero attached hydrogens (tertiary/aromatic N) is 5. The van der Waals surface area contributed by atoms with Crippen molar-refractivity contribution in [2.45, 2.75) is 0 Å². The summed E-state index contributed by atoms with van der Waals surface area (Å²) in [5.74, 6) is 1.64. The monoisotopic (exact) mass is 665 g/mol. The van der Waals surface area contributed by atoms with Gasteiger partial charge in [0.05, 0.1) is 22.7 Å². The summed E-state index contributed by atoms with van der Waals surface area (Å²) >= 11 is 0. The van der Waals surface area contributed by atoms with E-state index < -0.39 is 0 Å². The van der Waals surface area contributed by atoms with E-state index in [1.165, 1.54) is 0 Å². The van der Waals surface area contributed by atoms with Gasteiger partial charge in [0.2, 0.25) is 5.95 Å². The molecule has 7 aromatic carbocycles. The summed E-state index contributed by atoms with van der Waals surface area (Å²) < 4.78 is 8.61. The molecule has 0 atom stereocenters. The van der Waals surface area contributed by atoms with Gasteiger partial charge < -0.3 is 4.42 Å². The third-order valence-corrected chi connectivity index (χ3v) is 9.74. The van der Waals surface area contributed by atoms with Gasteiger partial charge in [-0.2, -0.15) is 15.2 Å². The van der Waals surface area contributed by atoms with Crippen LogP contribution in [0, 0.1) is 11.3 Å². The van der Waals surface area contributed by atoms with Crippen LogP contribution in [0.1, 0.15) is 5.56 Å². The highest BCUT2D eigenvalue weighted by atomic mass is 16.3. The number of para-hydroxylation sites is 2. The standard InChI is InChI=1S/C46H27N5O/c47-28-29-20-22-32(23-21-29)34-14-8-18-40-42(34)43-37(15-9-19-41(43)52-40)45-48-44(33-26-24-31(25-27-33)30-10-2-1-3-11-30)49-46(50-45)51-38-16-6-4-12-35(38)36-13-5-7-17-39(36)51/h1-27H. The quantitative estimate of drug-likeness (QED) is 0.183. The largest absolute Gasteiger partial charge is 0.456 e. The highest BCUT2D eigenvalue weighted by Gasteiger charge is 2.21. The highest BCUT2D eigenvalue weighted by Crippen LogP contribution is 2.41. The molecule has 0 saturated carbocycles. The average Bonchev–Trinajstić information content (AvgIpc) is 3.77. The van der Waals surface area contributed by atoms with Crippen molar-refractivity contribution < 1.29 is 4.42 Å². The number of furan rings is 1.